The van der Waals surface area contributed by atoms with Gasteiger partial charge in [0.25, 0.3) is 5.91 Å². The summed E-state index contributed by atoms with van der Waals surface area (Å²) in [4.78, 5) is 23.2. The summed E-state index contributed by atoms with van der Waals surface area (Å²) in [6.45, 7) is 2.45. The first-order chi connectivity index (χ1) is 11.9. The molecule has 0 aromatic heterocycles. The molecular weight excluding hydrogens is 348 g/mol. The first-order valence-electron chi connectivity index (χ1n) is 8.07. The summed E-state index contributed by atoms with van der Waals surface area (Å²) in [5, 5.41) is 2.52. The standard InChI is InChI=1S/C16H22N2O6S/c1-2-23-12-16(20)24-11-15(19)17-13-6-5-7-14(10-13)25(21,22)18-8-3-4-9-18/h5-7,10H,2-4,8-9,11-12H2,1H3,(H,17,19). The molecule has 1 aliphatic rings. The fourth-order valence-corrected chi connectivity index (χ4v) is 3.95. The van der Waals surface area contributed by atoms with E-state index in [1.165, 1.54) is 16.4 Å². The molecular formula is C16H22N2O6S. The number of rotatable bonds is 8. The van der Waals surface area contributed by atoms with E-state index in [0.29, 0.717) is 25.4 Å². The molecule has 0 atom stereocenters. The lowest BCUT2D eigenvalue weighted by atomic mass is 10.3. The smallest absolute Gasteiger partial charge is 0.332 e. The van der Waals surface area contributed by atoms with Crippen LogP contribution in [0.4, 0.5) is 5.69 Å². The minimum absolute atomic E-state index is 0.126. The van der Waals surface area contributed by atoms with Crippen molar-refractivity contribution in [1.29, 1.82) is 0 Å². The van der Waals surface area contributed by atoms with Crippen molar-refractivity contribution in [3.8, 4) is 0 Å². The highest BCUT2D eigenvalue weighted by Gasteiger charge is 2.27. The summed E-state index contributed by atoms with van der Waals surface area (Å²) in [7, 11) is -3.55. The number of carbonyl (C=O) groups is 2. The molecule has 9 heteroatoms. The lowest BCUT2D eigenvalue weighted by molar-refractivity contribution is -0.151. The molecule has 1 aliphatic heterocycles. The fourth-order valence-electron chi connectivity index (χ4n) is 2.38. The molecule has 25 heavy (non-hydrogen) atoms. The molecule has 0 aliphatic carbocycles. The Morgan fingerprint density at radius 1 is 1.20 bits per heavy atom. The number of amides is 1. The van der Waals surface area contributed by atoms with Crippen LogP contribution >= 0.6 is 0 Å². The molecule has 1 amide bonds. The maximum atomic E-state index is 12.5. The third-order valence-corrected chi connectivity index (χ3v) is 5.50. The number of benzene rings is 1. The van der Waals surface area contributed by atoms with Gasteiger partial charge in [-0.25, -0.2) is 13.2 Å². The van der Waals surface area contributed by atoms with E-state index in [-0.39, 0.29) is 11.5 Å². The van der Waals surface area contributed by atoms with E-state index in [9.17, 15) is 18.0 Å². The maximum absolute atomic E-state index is 12.5. The highest BCUT2D eigenvalue weighted by atomic mass is 32.2. The molecule has 0 radical (unpaired) electrons. The molecule has 2 rings (SSSR count). The molecule has 1 N–H and O–H groups in total. The summed E-state index contributed by atoms with van der Waals surface area (Å²) >= 11 is 0. The lowest BCUT2D eigenvalue weighted by Gasteiger charge is -2.16. The van der Waals surface area contributed by atoms with Crippen molar-refractivity contribution in [3.63, 3.8) is 0 Å². The largest absolute Gasteiger partial charge is 0.454 e. The SMILES string of the molecule is CCOCC(=O)OCC(=O)Nc1cccc(S(=O)(=O)N2CCCC2)c1. The van der Waals surface area contributed by atoms with Crippen LogP contribution in [0, 0.1) is 0 Å². The molecule has 138 valence electrons. The molecule has 0 bridgehead atoms. The van der Waals surface area contributed by atoms with Gasteiger partial charge in [0.2, 0.25) is 10.0 Å². The second kappa shape index (κ2) is 8.93. The summed E-state index contributed by atoms with van der Waals surface area (Å²) in [5.74, 6) is -1.19. The van der Waals surface area contributed by atoms with Crippen molar-refractivity contribution in [2.45, 2.75) is 24.7 Å². The topological polar surface area (TPSA) is 102 Å². The van der Waals surface area contributed by atoms with Crippen LogP contribution in [0.3, 0.4) is 0 Å². The molecule has 0 spiro atoms. The zero-order chi connectivity index (χ0) is 18.3. The highest BCUT2D eigenvalue weighted by Crippen LogP contribution is 2.23. The minimum Gasteiger partial charge on any atom is -0.454 e. The number of ether oxygens (including phenoxy) is 2. The Balaban J connectivity index is 1.94. The normalized spacial score (nSPS) is 15.1. The molecule has 8 nitrogen and oxygen atoms in total. The lowest BCUT2D eigenvalue weighted by Crippen LogP contribution is -2.28. The molecule has 0 saturated carbocycles. The summed E-state index contributed by atoms with van der Waals surface area (Å²) in [6.07, 6.45) is 1.70. The van der Waals surface area contributed by atoms with Crippen LogP contribution in [0.5, 0.6) is 0 Å². The van der Waals surface area contributed by atoms with E-state index in [4.69, 9.17) is 9.47 Å². The first kappa shape index (κ1) is 19.4. The molecule has 1 saturated heterocycles. The van der Waals surface area contributed by atoms with Gasteiger partial charge in [0.15, 0.2) is 6.61 Å². The van der Waals surface area contributed by atoms with Crippen LogP contribution in [-0.2, 0) is 29.1 Å². The van der Waals surface area contributed by atoms with Gasteiger partial charge in [-0.1, -0.05) is 6.07 Å². The third-order valence-electron chi connectivity index (χ3n) is 3.61. The van der Waals surface area contributed by atoms with Gasteiger partial charge in [0.05, 0.1) is 4.90 Å². The first-order valence-corrected chi connectivity index (χ1v) is 9.51. The Kier molecular flexibility index (Phi) is 6.91. The van der Waals surface area contributed by atoms with Crippen LogP contribution in [0.2, 0.25) is 0 Å². The van der Waals surface area contributed by atoms with Crippen molar-refractivity contribution in [2.24, 2.45) is 0 Å². The minimum atomic E-state index is -3.55. The van der Waals surface area contributed by atoms with Gasteiger partial charge in [-0.2, -0.15) is 4.31 Å². The van der Waals surface area contributed by atoms with Crippen molar-refractivity contribution in [3.05, 3.63) is 24.3 Å². The number of nitrogens with one attached hydrogen (secondary N) is 1. The predicted molar refractivity (Wildman–Crippen MR) is 90.5 cm³/mol. The van der Waals surface area contributed by atoms with E-state index in [0.717, 1.165) is 12.8 Å². The molecule has 1 aromatic rings. The second-order valence-electron chi connectivity index (χ2n) is 5.49. The van der Waals surface area contributed by atoms with Crippen LogP contribution in [0.25, 0.3) is 0 Å². The number of hydrogen-bond acceptors (Lipinski definition) is 6. The van der Waals surface area contributed by atoms with Gasteiger partial charge in [0, 0.05) is 25.4 Å². The second-order valence-corrected chi connectivity index (χ2v) is 7.42. The van der Waals surface area contributed by atoms with E-state index in [2.05, 4.69) is 5.32 Å². The van der Waals surface area contributed by atoms with Crippen molar-refractivity contribution in [1.82, 2.24) is 4.31 Å². The molecule has 1 aromatic carbocycles. The quantitative estimate of drug-likeness (QED) is 0.685. The van der Waals surface area contributed by atoms with Gasteiger partial charge in [-0.05, 0) is 38.0 Å². The monoisotopic (exact) mass is 370 g/mol. The van der Waals surface area contributed by atoms with E-state index in [1.54, 1.807) is 19.1 Å². The summed E-state index contributed by atoms with van der Waals surface area (Å²) in [6, 6.07) is 6.02. The number of nitrogens with zero attached hydrogens (tertiary/aromatic N) is 1. The Morgan fingerprint density at radius 3 is 2.60 bits per heavy atom. The predicted octanol–water partition coefficient (Wildman–Crippen LogP) is 0.989. The molecule has 0 unspecified atom stereocenters. The van der Waals surface area contributed by atoms with E-state index < -0.39 is 28.5 Å². The number of esters is 1. The number of anilines is 1. The zero-order valence-corrected chi connectivity index (χ0v) is 14.9. The van der Waals surface area contributed by atoms with Gasteiger partial charge in [-0.15, -0.1) is 0 Å². The van der Waals surface area contributed by atoms with Gasteiger partial charge >= 0.3 is 5.97 Å². The Labute approximate surface area is 147 Å². The van der Waals surface area contributed by atoms with Crippen molar-refractivity contribution < 1.29 is 27.5 Å². The highest BCUT2D eigenvalue weighted by molar-refractivity contribution is 7.89. The summed E-state index contributed by atoms with van der Waals surface area (Å²) < 4.78 is 36.1. The van der Waals surface area contributed by atoms with Gasteiger partial charge in [-0.3, -0.25) is 4.79 Å². The van der Waals surface area contributed by atoms with Crippen LogP contribution in [-0.4, -0.2) is 57.5 Å². The van der Waals surface area contributed by atoms with Gasteiger partial charge in [0.1, 0.15) is 6.61 Å². The number of carbonyl (C=O) groups excluding carboxylic acids is 2. The Hall–Kier alpha value is -1.97. The summed E-state index contributed by atoms with van der Waals surface area (Å²) in [5.41, 5.74) is 0.325. The van der Waals surface area contributed by atoms with Crippen LogP contribution < -0.4 is 5.32 Å². The average Bonchev–Trinajstić information content (AvgIpc) is 3.14. The molecule has 1 heterocycles. The number of sulfonamides is 1. The molecule has 1 fully saturated rings. The van der Waals surface area contributed by atoms with Crippen LogP contribution in [0.15, 0.2) is 29.2 Å². The van der Waals surface area contributed by atoms with Crippen molar-refractivity contribution >= 4 is 27.6 Å². The Bertz CT molecular complexity index is 713. The van der Waals surface area contributed by atoms with E-state index in [1.807, 2.05) is 0 Å². The van der Waals surface area contributed by atoms with E-state index >= 15 is 0 Å². The van der Waals surface area contributed by atoms with Crippen molar-refractivity contribution in [2.75, 3.05) is 38.2 Å². The number of hydrogen-bond donors (Lipinski definition) is 1. The fraction of sp³-hybridized carbons (Fsp3) is 0.500. The maximum Gasteiger partial charge on any atom is 0.332 e. The average molecular weight is 370 g/mol. The Morgan fingerprint density at radius 2 is 1.92 bits per heavy atom. The zero-order valence-electron chi connectivity index (χ0n) is 14.1. The van der Waals surface area contributed by atoms with Crippen LogP contribution in [0.1, 0.15) is 19.8 Å². The van der Waals surface area contributed by atoms with Gasteiger partial charge < -0.3 is 14.8 Å². The third kappa shape index (κ3) is 5.52.